The average Bonchev–Trinajstić information content (AvgIpc) is 1.94. The SMILES string of the molecule is CC1=C(CN)CC(F)C=C1. The Morgan fingerprint density at radius 3 is 3.00 bits per heavy atom. The van der Waals surface area contributed by atoms with E-state index in [1.54, 1.807) is 12.2 Å². The molecule has 1 nitrogen and oxygen atoms in total. The third-order valence-corrected chi connectivity index (χ3v) is 1.80. The van der Waals surface area contributed by atoms with Gasteiger partial charge in [-0.3, -0.25) is 0 Å². The van der Waals surface area contributed by atoms with E-state index in [1.807, 2.05) is 6.92 Å². The summed E-state index contributed by atoms with van der Waals surface area (Å²) >= 11 is 0. The zero-order valence-electron chi connectivity index (χ0n) is 6.10. The fourth-order valence-electron chi connectivity index (χ4n) is 1.08. The van der Waals surface area contributed by atoms with Crippen LogP contribution in [-0.2, 0) is 0 Å². The zero-order valence-corrected chi connectivity index (χ0v) is 6.10. The summed E-state index contributed by atoms with van der Waals surface area (Å²) in [7, 11) is 0. The largest absolute Gasteiger partial charge is 0.327 e. The summed E-state index contributed by atoms with van der Waals surface area (Å²) in [6, 6.07) is 0. The van der Waals surface area contributed by atoms with Crippen molar-refractivity contribution in [1.29, 1.82) is 0 Å². The van der Waals surface area contributed by atoms with E-state index in [0.29, 0.717) is 13.0 Å². The van der Waals surface area contributed by atoms with Crippen LogP contribution in [0.15, 0.2) is 23.3 Å². The van der Waals surface area contributed by atoms with Crippen LogP contribution in [0, 0.1) is 0 Å². The normalized spacial score (nSPS) is 25.7. The number of alkyl halides is 1. The standard InChI is InChI=1S/C8H12FN/c1-6-2-3-8(9)4-7(6)5-10/h2-3,8H,4-5,10H2,1H3. The summed E-state index contributed by atoms with van der Waals surface area (Å²) in [5.74, 6) is 0. The van der Waals surface area contributed by atoms with E-state index in [1.165, 1.54) is 0 Å². The van der Waals surface area contributed by atoms with Gasteiger partial charge in [0.2, 0.25) is 0 Å². The summed E-state index contributed by atoms with van der Waals surface area (Å²) in [5.41, 5.74) is 7.56. The van der Waals surface area contributed by atoms with Gasteiger partial charge in [0, 0.05) is 13.0 Å². The molecule has 0 aromatic carbocycles. The Hall–Kier alpha value is -0.630. The van der Waals surface area contributed by atoms with Crippen molar-refractivity contribution in [3.05, 3.63) is 23.3 Å². The van der Waals surface area contributed by atoms with E-state index in [4.69, 9.17) is 5.73 Å². The third-order valence-electron chi connectivity index (χ3n) is 1.80. The summed E-state index contributed by atoms with van der Waals surface area (Å²) in [6.07, 6.45) is 3.05. The lowest BCUT2D eigenvalue weighted by molar-refractivity contribution is 0.392. The van der Waals surface area contributed by atoms with E-state index in [0.717, 1.165) is 11.1 Å². The number of hydrogen-bond donors (Lipinski definition) is 1. The van der Waals surface area contributed by atoms with Crippen LogP contribution in [0.4, 0.5) is 4.39 Å². The smallest absolute Gasteiger partial charge is 0.122 e. The minimum absolute atomic E-state index is 0.483. The van der Waals surface area contributed by atoms with Crippen LogP contribution in [0.5, 0.6) is 0 Å². The summed E-state index contributed by atoms with van der Waals surface area (Å²) in [4.78, 5) is 0. The number of hydrogen-bond acceptors (Lipinski definition) is 1. The number of halogens is 1. The molecule has 0 aromatic rings. The molecule has 0 aliphatic heterocycles. The topological polar surface area (TPSA) is 26.0 Å². The van der Waals surface area contributed by atoms with E-state index in [2.05, 4.69) is 0 Å². The molecule has 1 atom stereocenters. The predicted octanol–water partition coefficient (Wildman–Crippen LogP) is 1.56. The lowest BCUT2D eigenvalue weighted by Crippen LogP contribution is -2.12. The van der Waals surface area contributed by atoms with Gasteiger partial charge in [0.1, 0.15) is 6.17 Å². The van der Waals surface area contributed by atoms with Crippen LogP contribution in [0.1, 0.15) is 13.3 Å². The van der Waals surface area contributed by atoms with Crippen molar-refractivity contribution in [2.45, 2.75) is 19.5 Å². The van der Waals surface area contributed by atoms with Gasteiger partial charge < -0.3 is 5.73 Å². The highest BCUT2D eigenvalue weighted by atomic mass is 19.1. The minimum Gasteiger partial charge on any atom is -0.327 e. The molecular weight excluding hydrogens is 129 g/mol. The molecule has 0 bridgehead atoms. The highest BCUT2D eigenvalue weighted by Crippen LogP contribution is 2.19. The first-order chi connectivity index (χ1) is 4.74. The van der Waals surface area contributed by atoms with Crippen molar-refractivity contribution in [3.8, 4) is 0 Å². The maximum atomic E-state index is 12.6. The molecule has 1 aliphatic rings. The van der Waals surface area contributed by atoms with Crippen LogP contribution in [-0.4, -0.2) is 12.7 Å². The van der Waals surface area contributed by atoms with Crippen molar-refractivity contribution in [1.82, 2.24) is 0 Å². The lowest BCUT2D eigenvalue weighted by atomic mass is 9.98. The Balaban J connectivity index is 2.74. The van der Waals surface area contributed by atoms with Gasteiger partial charge in [-0.05, 0) is 6.92 Å². The monoisotopic (exact) mass is 141 g/mol. The van der Waals surface area contributed by atoms with Crippen molar-refractivity contribution in [2.75, 3.05) is 6.54 Å². The Morgan fingerprint density at radius 1 is 1.80 bits per heavy atom. The molecular formula is C8H12FN. The van der Waals surface area contributed by atoms with Gasteiger partial charge in [0.15, 0.2) is 0 Å². The minimum atomic E-state index is -0.817. The van der Waals surface area contributed by atoms with Crippen molar-refractivity contribution in [3.63, 3.8) is 0 Å². The first-order valence-corrected chi connectivity index (χ1v) is 3.45. The third kappa shape index (κ3) is 1.45. The van der Waals surface area contributed by atoms with Gasteiger partial charge in [-0.2, -0.15) is 0 Å². The molecule has 1 rings (SSSR count). The first kappa shape index (κ1) is 7.48. The van der Waals surface area contributed by atoms with Crippen LogP contribution in [0.3, 0.4) is 0 Å². The van der Waals surface area contributed by atoms with E-state index >= 15 is 0 Å². The Labute approximate surface area is 60.4 Å². The molecule has 10 heavy (non-hydrogen) atoms. The van der Waals surface area contributed by atoms with E-state index in [9.17, 15) is 4.39 Å². The maximum Gasteiger partial charge on any atom is 0.122 e. The molecule has 0 saturated heterocycles. The zero-order chi connectivity index (χ0) is 7.56. The van der Waals surface area contributed by atoms with Gasteiger partial charge in [0.05, 0.1) is 0 Å². The highest BCUT2D eigenvalue weighted by Gasteiger charge is 2.10. The van der Waals surface area contributed by atoms with E-state index < -0.39 is 6.17 Å². The van der Waals surface area contributed by atoms with Crippen molar-refractivity contribution in [2.24, 2.45) is 5.73 Å². The molecule has 56 valence electrons. The second kappa shape index (κ2) is 2.97. The molecule has 0 saturated carbocycles. The molecule has 0 spiro atoms. The fraction of sp³-hybridized carbons (Fsp3) is 0.500. The summed E-state index contributed by atoms with van der Waals surface area (Å²) < 4.78 is 12.6. The van der Waals surface area contributed by atoms with Gasteiger partial charge in [-0.25, -0.2) is 4.39 Å². The number of nitrogens with two attached hydrogens (primary N) is 1. The molecule has 0 amide bonds. The molecule has 0 fully saturated rings. The van der Waals surface area contributed by atoms with Crippen molar-refractivity contribution >= 4 is 0 Å². The molecule has 0 radical (unpaired) electrons. The van der Waals surface area contributed by atoms with Gasteiger partial charge in [0.25, 0.3) is 0 Å². The second-order valence-electron chi connectivity index (χ2n) is 2.57. The average molecular weight is 141 g/mol. The number of rotatable bonds is 1. The second-order valence-corrected chi connectivity index (χ2v) is 2.57. The predicted molar refractivity (Wildman–Crippen MR) is 40.4 cm³/mol. The molecule has 2 heteroatoms. The van der Waals surface area contributed by atoms with Crippen LogP contribution in [0.2, 0.25) is 0 Å². The Morgan fingerprint density at radius 2 is 2.50 bits per heavy atom. The quantitative estimate of drug-likeness (QED) is 0.589. The Bertz CT molecular complexity index is 182. The summed E-state index contributed by atoms with van der Waals surface area (Å²) in [6.45, 7) is 2.45. The lowest BCUT2D eigenvalue weighted by Gasteiger charge is -2.13. The maximum absolute atomic E-state index is 12.6. The van der Waals surface area contributed by atoms with E-state index in [-0.39, 0.29) is 0 Å². The van der Waals surface area contributed by atoms with Crippen LogP contribution < -0.4 is 5.73 Å². The molecule has 0 aromatic heterocycles. The highest BCUT2D eigenvalue weighted by molar-refractivity contribution is 5.30. The van der Waals surface area contributed by atoms with Crippen LogP contribution in [0.25, 0.3) is 0 Å². The van der Waals surface area contributed by atoms with Gasteiger partial charge in [-0.15, -0.1) is 0 Å². The number of allylic oxidation sites excluding steroid dienone is 3. The van der Waals surface area contributed by atoms with Crippen molar-refractivity contribution < 1.29 is 4.39 Å². The first-order valence-electron chi connectivity index (χ1n) is 3.45. The fourth-order valence-corrected chi connectivity index (χ4v) is 1.08. The molecule has 1 aliphatic carbocycles. The summed E-state index contributed by atoms with van der Waals surface area (Å²) in [5, 5.41) is 0. The van der Waals surface area contributed by atoms with Gasteiger partial charge >= 0.3 is 0 Å². The molecule has 1 unspecified atom stereocenters. The van der Waals surface area contributed by atoms with Gasteiger partial charge in [-0.1, -0.05) is 23.3 Å². The Kier molecular flexibility index (Phi) is 2.22. The van der Waals surface area contributed by atoms with Crippen LogP contribution >= 0.6 is 0 Å². The molecule has 0 heterocycles. The molecule has 2 N–H and O–H groups in total.